The Morgan fingerprint density at radius 1 is 1.47 bits per heavy atom. The Morgan fingerprint density at radius 3 is 2.88 bits per heavy atom. The molecule has 1 aliphatic rings. The second-order valence-electron chi connectivity index (χ2n) is 4.28. The lowest BCUT2D eigenvalue weighted by molar-refractivity contribution is 0.229. The van der Waals surface area contributed by atoms with Gasteiger partial charge in [0.05, 0.1) is 7.11 Å². The van der Waals surface area contributed by atoms with Crippen LogP contribution in [0.5, 0.6) is 5.88 Å². The Labute approximate surface area is 102 Å². The lowest BCUT2D eigenvalue weighted by Gasteiger charge is -2.31. The highest BCUT2D eigenvalue weighted by atomic mass is 16.5. The smallest absolute Gasteiger partial charge is 0.226 e. The van der Waals surface area contributed by atoms with E-state index >= 15 is 0 Å². The molecular formula is C12H20N4O. The second-order valence-corrected chi connectivity index (χ2v) is 4.28. The Bertz CT molecular complexity index is 350. The molecule has 5 nitrogen and oxygen atoms in total. The number of piperidine rings is 1. The van der Waals surface area contributed by atoms with Crippen LogP contribution in [-0.4, -0.2) is 47.7 Å². The lowest BCUT2D eigenvalue weighted by Crippen LogP contribution is -2.39. The molecule has 0 spiro atoms. The Kier molecular flexibility index (Phi) is 4.14. The zero-order valence-corrected chi connectivity index (χ0v) is 10.5. The Balaban J connectivity index is 1.88. The van der Waals surface area contributed by atoms with Crippen molar-refractivity contribution in [1.82, 2.24) is 14.9 Å². The van der Waals surface area contributed by atoms with Crippen molar-refractivity contribution in [3.63, 3.8) is 0 Å². The zero-order valence-electron chi connectivity index (χ0n) is 10.5. The predicted molar refractivity (Wildman–Crippen MR) is 67.3 cm³/mol. The van der Waals surface area contributed by atoms with Crippen molar-refractivity contribution in [2.45, 2.75) is 25.8 Å². The van der Waals surface area contributed by atoms with E-state index in [1.54, 1.807) is 19.4 Å². The van der Waals surface area contributed by atoms with Gasteiger partial charge >= 0.3 is 0 Å². The average Bonchev–Trinajstić information content (AvgIpc) is 2.40. The van der Waals surface area contributed by atoms with E-state index in [0.29, 0.717) is 17.9 Å². The molecule has 2 heterocycles. The normalized spacial score (nSPS) is 18.0. The van der Waals surface area contributed by atoms with Crippen LogP contribution in [0.25, 0.3) is 0 Å². The van der Waals surface area contributed by atoms with Crippen LogP contribution in [0.3, 0.4) is 0 Å². The number of rotatable bonds is 4. The summed E-state index contributed by atoms with van der Waals surface area (Å²) < 4.78 is 5.08. The molecule has 5 heteroatoms. The number of hydrogen-bond donors (Lipinski definition) is 1. The van der Waals surface area contributed by atoms with Crippen LogP contribution < -0.4 is 10.1 Å². The summed E-state index contributed by atoms with van der Waals surface area (Å²) in [4.78, 5) is 10.9. The summed E-state index contributed by atoms with van der Waals surface area (Å²) in [6.45, 7) is 5.65. The minimum atomic E-state index is 0.477. The van der Waals surface area contributed by atoms with Crippen LogP contribution in [0.4, 0.5) is 5.95 Å². The molecule has 0 bridgehead atoms. The van der Waals surface area contributed by atoms with Crippen molar-refractivity contribution in [3.05, 3.63) is 12.3 Å². The first-order chi connectivity index (χ1) is 8.31. The maximum absolute atomic E-state index is 5.08. The highest BCUT2D eigenvalue weighted by molar-refractivity contribution is 5.28. The summed E-state index contributed by atoms with van der Waals surface area (Å²) in [5.74, 6) is 1.27. The minimum Gasteiger partial charge on any atom is -0.481 e. The number of hydrogen-bond acceptors (Lipinski definition) is 5. The van der Waals surface area contributed by atoms with Crippen LogP contribution >= 0.6 is 0 Å². The third-order valence-electron chi connectivity index (χ3n) is 3.21. The van der Waals surface area contributed by atoms with E-state index in [0.717, 1.165) is 32.5 Å². The number of anilines is 1. The molecule has 0 aromatic carbocycles. The lowest BCUT2D eigenvalue weighted by atomic mass is 10.1. The molecule has 1 N–H and O–H groups in total. The highest BCUT2D eigenvalue weighted by Crippen LogP contribution is 2.15. The molecule has 1 fully saturated rings. The molecule has 1 saturated heterocycles. The molecule has 1 aromatic heterocycles. The van der Waals surface area contributed by atoms with Gasteiger partial charge in [-0.2, -0.15) is 4.98 Å². The van der Waals surface area contributed by atoms with Crippen LogP contribution in [-0.2, 0) is 0 Å². The number of aromatic nitrogens is 2. The van der Waals surface area contributed by atoms with Gasteiger partial charge in [-0.3, -0.25) is 0 Å². The maximum Gasteiger partial charge on any atom is 0.226 e. The fraction of sp³-hybridized carbons (Fsp3) is 0.667. The number of nitrogens with zero attached hydrogens (tertiary/aromatic N) is 3. The van der Waals surface area contributed by atoms with Gasteiger partial charge in [-0.25, -0.2) is 4.98 Å². The summed E-state index contributed by atoms with van der Waals surface area (Å²) in [6.07, 6.45) is 4.01. The van der Waals surface area contributed by atoms with E-state index in [1.807, 2.05) is 0 Å². The van der Waals surface area contributed by atoms with E-state index in [2.05, 4.69) is 27.1 Å². The van der Waals surface area contributed by atoms with Crippen molar-refractivity contribution in [1.29, 1.82) is 0 Å². The Morgan fingerprint density at radius 2 is 2.24 bits per heavy atom. The fourth-order valence-corrected chi connectivity index (χ4v) is 2.10. The van der Waals surface area contributed by atoms with E-state index < -0.39 is 0 Å². The van der Waals surface area contributed by atoms with Gasteiger partial charge in [0.2, 0.25) is 11.8 Å². The summed E-state index contributed by atoms with van der Waals surface area (Å²) >= 11 is 0. The number of likely N-dealkylation sites (tertiary alicyclic amines) is 1. The highest BCUT2D eigenvalue weighted by Gasteiger charge is 2.18. The summed E-state index contributed by atoms with van der Waals surface area (Å²) in [5.41, 5.74) is 0. The molecule has 0 radical (unpaired) electrons. The summed E-state index contributed by atoms with van der Waals surface area (Å²) in [5, 5.41) is 3.37. The molecular weight excluding hydrogens is 216 g/mol. The van der Waals surface area contributed by atoms with Crippen LogP contribution in [0.2, 0.25) is 0 Å². The van der Waals surface area contributed by atoms with Crippen molar-refractivity contribution >= 4 is 5.95 Å². The molecule has 94 valence electrons. The molecule has 0 atom stereocenters. The number of methoxy groups -OCH3 is 1. The summed E-state index contributed by atoms with van der Waals surface area (Å²) in [7, 11) is 1.62. The van der Waals surface area contributed by atoms with Crippen LogP contribution in [0.15, 0.2) is 12.3 Å². The molecule has 1 aliphatic heterocycles. The first kappa shape index (κ1) is 12.1. The number of nitrogens with one attached hydrogen (secondary N) is 1. The van der Waals surface area contributed by atoms with Gasteiger partial charge in [0.15, 0.2) is 0 Å². The van der Waals surface area contributed by atoms with Crippen molar-refractivity contribution < 1.29 is 4.74 Å². The largest absolute Gasteiger partial charge is 0.481 e. The van der Waals surface area contributed by atoms with Gasteiger partial charge in [-0.15, -0.1) is 0 Å². The predicted octanol–water partition coefficient (Wildman–Crippen LogP) is 1.38. The Hall–Kier alpha value is -1.36. The van der Waals surface area contributed by atoms with Gasteiger partial charge in [0.25, 0.3) is 0 Å². The van der Waals surface area contributed by atoms with Gasteiger partial charge in [0.1, 0.15) is 0 Å². The second kappa shape index (κ2) is 5.82. The molecule has 17 heavy (non-hydrogen) atoms. The fourth-order valence-electron chi connectivity index (χ4n) is 2.10. The molecule has 0 amide bonds. The van der Waals surface area contributed by atoms with E-state index in [9.17, 15) is 0 Å². The SMILES string of the molecule is CCN1CCC(Nc2nccc(OC)n2)CC1. The van der Waals surface area contributed by atoms with Gasteiger partial charge in [-0.1, -0.05) is 6.92 Å². The van der Waals surface area contributed by atoms with Crippen LogP contribution in [0.1, 0.15) is 19.8 Å². The molecule has 2 rings (SSSR count). The third-order valence-corrected chi connectivity index (χ3v) is 3.21. The minimum absolute atomic E-state index is 0.477. The van der Waals surface area contributed by atoms with Gasteiger partial charge in [0, 0.05) is 31.4 Å². The van der Waals surface area contributed by atoms with E-state index in [4.69, 9.17) is 4.74 Å². The first-order valence-corrected chi connectivity index (χ1v) is 6.17. The van der Waals surface area contributed by atoms with Crippen LogP contribution in [0, 0.1) is 0 Å². The van der Waals surface area contributed by atoms with Gasteiger partial charge < -0.3 is 15.0 Å². The first-order valence-electron chi connectivity index (χ1n) is 6.17. The standard InChI is InChI=1S/C12H20N4O/c1-3-16-8-5-10(6-9-16)14-12-13-7-4-11(15-12)17-2/h4,7,10H,3,5-6,8-9H2,1-2H3,(H,13,14,15). The van der Waals surface area contributed by atoms with Crippen molar-refractivity contribution in [2.24, 2.45) is 0 Å². The molecule has 1 aromatic rings. The third kappa shape index (κ3) is 3.30. The van der Waals surface area contributed by atoms with Crippen molar-refractivity contribution in [2.75, 3.05) is 32.1 Å². The monoisotopic (exact) mass is 236 g/mol. The number of ether oxygens (including phenoxy) is 1. The quantitative estimate of drug-likeness (QED) is 0.856. The topological polar surface area (TPSA) is 50.3 Å². The maximum atomic E-state index is 5.08. The van der Waals surface area contributed by atoms with E-state index in [-0.39, 0.29) is 0 Å². The zero-order chi connectivity index (χ0) is 12.1. The van der Waals surface area contributed by atoms with E-state index in [1.165, 1.54) is 0 Å². The summed E-state index contributed by atoms with van der Waals surface area (Å²) in [6, 6.07) is 2.23. The molecule has 0 aliphatic carbocycles. The molecule has 0 saturated carbocycles. The molecule has 0 unspecified atom stereocenters. The van der Waals surface area contributed by atoms with Gasteiger partial charge in [-0.05, 0) is 19.4 Å². The average molecular weight is 236 g/mol. The van der Waals surface area contributed by atoms with Crippen molar-refractivity contribution in [3.8, 4) is 5.88 Å².